The highest BCUT2D eigenvalue weighted by molar-refractivity contribution is 6.10. The highest BCUT2D eigenvalue weighted by Gasteiger charge is 2.36. The Balaban J connectivity index is 1.48. The molecule has 0 fully saturated rings. The fourth-order valence-electron chi connectivity index (χ4n) is 7.89. The van der Waals surface area contributed by atoms with Crippen molar-refractivity contribution in [3.63, 3.8) is 0 Å². The molecule has 392 valence electrons. The van der Waals surface area contributed by atoms with E-state index >= 15 is 0 Å². The molecule has 0 spiro atoms. The van der Waals surface area contributed by atoms with Crippen molar-refractivity contribution in [1.82, 2.24) is 25.8 Å². The Labute approximate surface area is 434 Å². The molecule has 3 N–H and O–H groups in total. The average Bonchev–Trinajstić information content (AvgIpc) is 3.41. The standard InChI is InChI=1S/C58H69N5O11/c1-8-31-72-52(64)36-48(54(65)59-30-29-42-23-18-25-46(35-42)70-7)61-56(67)53-47-26-17-16-24-44(47)27-28-51(53)74-38-45(34-41-19-12-10-13-20-41)60-55(66)50(39-71-37-43-21-14-11-15-22-43)62(5)57(68)49(33-40(3)4)63(6)58(69)73-32-9-2/h8,10-28,35,38,40,48-50H,1,9,29-34,36-37,39H2,2-7H3,(H,59,65)(H,60,66)(H,61,67)/t48-,49-,50+/m0/s1. The summed E-state index contributed by atoms with van der Waals surface area (Å²) in [6, 6.07) is 33.1. The van der Waals surface area contributed by atoms with Gasteiger partial charge in [-0.2, -0.15) is 0 Å². The van der Waals surface area contributed by atoms with E-state index in [4.69, 9.17) is 23.7 Å². The van der Waals surface area contributed by atoms with E-state index in [9.17, 15) is 28.8 Å². The van der Waals surface area contributed by atoms with Crippen LogP contribution < -0.4 is 25.4 Å². The minimum atomic E-state index is -1.36. The number of hydrogen-bond acceptors (Lipinski definition) is 11. The third-order valence-corrected chi connectivity index (χ3v) is 11.8. The lowest BCUT2D eigenvalue weighted by atomic mass is 10.0. The van der Waals surface area contributed by atoms with Crippen LogP contribution in [0.3, 0.4) is 0 Å². The highest BCUT2D eigenvalue weighted by atomic mass is 16.6. The van der Waals surface area contributed by atoms with Gasteiger partial charge in [0.25, 0.3) is 5.91 Å². The van der Waals surface area contributed by atoms with Gasteiger partial charge in [-0.25, -0.2) is 4.79 Å². The zero-order valence-corrected chi connectivity index (χ0v) is 43.2. The molecule has 74 heavy (non-hydrogen) atoms. The van der Waals surface area contributed by atoms with E-state index in [1.54, 1.807) is 31.4 Å². The number of carbonyl (C=O) groups is 6. The van der Waals surface area contributed by atoms with Crippen molar-refractivity contribution in [2.75, 3.05) is 47.6 Å². The summed E-state index contributed by atoms with van der Waals surface area (Å²) in [5.74, 6) is -2.45. The van der Waals surface area contributed by atoms with E-state index < -0.39 is 60.2 Å². The number of likely N-dealkylation sites (N-methyl/N-ethyl adjacent to an activating group) is 2. The van der Waals surface area contributed by atoms with Crippen molar-refractivity contribution in [3.8, 4) is 11.5 Å². The molecule has 0 saturated heterocycles. The molecule has 0 aliphatic heterocycles. The summed E-state index contributed by atoms with van der Waals surface area (Å²) in [5, 5.41) is 9.75. The SMILES string of the molecule is C=CCOC(=O)C[C@H](NC(=O)c1c(OC=C(Cc2ccccc2)NC(=O)[C@@H](COCc2ccccc2)N(C)C(=O)[C@H](CC(C)C)N(C)C(=O)OCCC)ccc2ccccc12)C(=O)NCCc1cccc(OC)c1. The predicted octanol–water partition coefficient (Wildman–Crippen LogP) is 7.94. The van der Waals surface area contributed by atoms with Crippen LogP contribution in [-0.4, -0.2) is 111 Å². The quantitative estimate of drug-likeness (QED) is 0.0251. The molecule has 0 aromatic heterocycles. The van der Waals surface area contributed by atoms with Crippen molar-refractivity contribution in [3.05, 3.63) is 168 Å². The minimum Gasteiger partial charge on any atom is -0.497 e. The number of ether oxygens (including phenoxy) is 5. The molecule has 5 amide bonds. The molecule has 16 heteroatoms. The number of nitrogens with one attached hydrogen (secondary N) is 3. The van der Waals surface area contributed by atoms with Crippen LogP contribution in [-0.2, 0) is 52.8 Å². The maximum absolute atomic E-state index is 14.8. The van der Waals surface area contributed by atoms with Crippen molar-refractivity contribution < 1.29 is 52.5 Å². The predicted molar refractivity (Wildman–Crippen MR) is 283 cm³/mol. The molecule has 16 nitrogen and oxygen atoms in total. The largest absolute Gasteiger partial charge is 0.497 e. The van der Waals surface area contributed by atoms with Gasteiger partial charge in [0.05, 0.1) is 44.6 Å². The van der Waals surface area contributed by atoms with Crippen LogP contribution in [0.2, 0.25) is 0 Å². The Kier molecular flexibility index (Phi) is 22.7. The topological polar surface area (TPSA) is 191 Å². The van der Waals surface area contributed by atoms with Gasteiger partial charge < -0.3 is 44.5 Å². The van der Waals surface area contributed by atoms with Crippen LogP contribution in [0.25, 0.3) is 10.8 Å². The molecule has 3 atom stereocenters. The number of nitrogens with zero attached hydrogens (tertiary/aromatic N) is 2. The number of hydrogen-bond donors (Lipinski definition) is 3. The molecule has 5 aromatic rings. The van der Waals surface area contributed by atoms with Gasteiger partial charge in [-0.1, -0.05) is 137 Å². The van der Waals surface area contributed by atoms with Crippen molar-refractivity contribution >= 4 is 46.5 Å². The van der Waals surface area contributed by atoms with Gasteiger partial charge in [0.15, 0.2) is 0 Å². The minimum absolute atomic E-state index is 0.00250. The molecular formula is C58H69N5O11. The molecule has 0 radical (unpaired) electrons. The van der Waals surface area contributed by atoms with Crippen molar-refractivity contribution in [2.45, 2.75) is 77.6 Å². The van der Waals surface area contributed by atoms with Gasteiger partial charge in [0.2, 0.25) is 17.7 Å². The van der Waals surface area contributed by atoms with E-state index in [1.807, 2.05) is 118 Å². The van der Waals surface area contributed by atoms with E-state index in [-0.39, 0.29) is 62.3 Å². The summed E-state index contributed by atoms with van der Waals surface area (Å²) >= 11 is 0. The normalized spacial score (nSPS) is 12.4. The zero-order chi connectivity index (χ0) is 53.4. The molecule has 5 aromatic carbocycles. The van der Waals surface area contributed by atoms with Gasteiger partial charge in [0, 0.05) is 27.1 Å². The molecule has 0 aliphatic carbocycles. The molecular weight excluding hydrogens is 943 g/mol. The second-order valence-corrected chi connectivity index (χ2v) is 18.0. The van der Waals surface area contributed by atoms with Crippen LogP contribution in [0.4, 0.5) is 4.79 Å². The van der Waals surface area contributed by atoms with Crippen LogP contribution in [0, 0.1) is 5.92 Å². The maximum Gasteiger partial charge on any atom is 0.410 e. The smallest absolute Gasteiger partial charge is 0.410 e. The summed E-state index contributed by atoms with van der Waals surface area (Å²) in [6.45, 7) is 9.55. The maximum atomic E-state index is 14.8. The number of fused-ring (bicyclic) bond motifs is 1. The van der Waals surface area contributed by atoms with Crippen LogP contribution >= 0.6 is 0 Å². The Morgan fingerprint density at radius 3 is 2.14 bits per heavy atom. The molecule has 0 bridgehead atoms. The number of amides is 5. The number of methoxy groups -OCH3 is 1. The Morgan fingerprint density at radius 1 is 0.757 bits per heavy atom. The zero-order valence-electron chi connectivity index (χ0n) is 43.2. The summed E-state index contributed by atoms with van der Waals surface area (Å²) in [7, 11) is 4.58. The number of rotatable bonds is 28. The van der Waals surface area contributed by atoms with Gasteiger partial charge in [-0.15, -0.1) is 0 Å². The Bertz CT molecular complexity index is 2690. The third-order valence-electron chi connectivity index (χ3n) is 11.8. The van der Waals surface area contributed by atoms with E-state index in [1.165, 1.54) is 36.2 Å². The van der Waals surface area contributed by atoms with Crippen LogP contribution in [0.5, 0.6) is 11.5 Å². The Morgan fingerprint density at radius 2 is 1.45 bits per heavy atom. The number of esters is 1. The second kappa shape index (κ2) is 29.5. The molecule has 0 heterocycles. The van der Waals surface area contributed by atoms with E-state index in [2.05, 4.69) is 22.5 Å². The Hall–Kier alpha value is -7.98. The summed E-state index contributed by atoms with van der Waals surface area (Å²) in [5.41, 5.74) is 2.86. The number of benzene rings is 5. The molecule has 0 saturated carbocycles. The van der Waals surface area contributed by atoms with E-state index in [0.717, 1.165) is 16.7 Å². The van der Waals surface area contributed by atoms with Gasteiger partial charge in [-0.3, -0.25) is 28.9 Å². The summed E-state index contributed by atoms with van der Waals surface area (Å²) in [6.07, 6.45) is 3.07. The first-order valence-corrected chi connectivity index (χ1v) is 24.7. The van der Waals surface area contributed by atoms with Gasteiger partial charge in [0.1, 0.15) is 42.5 Å². The first kappa shape index (κ1) is 56.9. The lowest BCUT2D eigenvalue weighted by Crippen LogP contribution is -2.56. The highest BCUT2D eigenvalue weighted by Crippen LogP contribution is 2.29. The summed E-state index contributed by atoms with van der Waals surface area (Å²) in [4.78, 5) is 86.4. The number of allylic oxidation sites excluding steroid dienone is 1. The second-order valence-electron chi connectivity index (χ2n) is 18.0. The lowest BCUT2D eigenvalue weighted by molar-refractivity contribution is -0.145. The van der Waals surface area contributed by atoms with Crippen molar-refractivity contribution in [2.24, 2.45) is 5.92 Å². The average molecular weight is 1010 g/mol. The monoisotopic (exact) mass is 1010 g/mol. The molecule has 0 unspecified atom stereocenters. The molecule has 5 rings (SSSR count). The number of carbonyl (C=O) groups excluding carboxylic acids is 6. The van der Waals surface area contributed by atoms with Gasteiger partial charge >= 0.3 is 12.1 Å². The van der Waals surface area contributed by atoms with Crippen LogP contribution in [0.1, 0.15) is 67.1 Å². The molecule has 0 aliphatic rings. The first-order valence-electron chi connectivity index (χ1n) is 24.7. The van der Waals surface area contributed by atoms with E-state index in [0.29, 0.717) is 35.8 Å². The summed E-state index contributed by atoms with van der Waals surface area (Å²) < 4.78 is 28.5. The third kappa shape index (κ3) is 17.4. The van der Waals surface area contributed by atoms with Crippen molar-refractivity contribution in [1.29, 1.82) is 0 Å². The van der Waals surface area contributed by atoms with Crippen LogP contribution in [0.15, 0.2) is 146 Å². The lowest BCUT2D eigenvalue weighted by Gasteiger charge is -2.34. The first-order chi connectivity index (χ1) is 35.7. The fourth-order valence-corrected chi connectivity index (χ4v) is 7.89. The van der Waals surface area contributed by atoms with Gasteiger partial charge in [-0.05, 0) is 70.8 Å². The fraction of sp³-hybridized carbons (Fsp3) is 0.345.